The molecule has 0 saturated heterocycles. The van der Waals surface area contributed by atoms with Crippen molar-refractivity contribution in [3.63, 3.8) is 0 Å². The van der Waals surface area contributed by atoms with E-state index < -0.39 is 12.1 Å². The second kappa shape index (κ2) is 7.46. The molecule has 0 amide bonds. The van der Waals surface area contributed by atoms with E-state index in [1.165, 1.54) is 25.4 Å². The van der Waals surface area contributed by atoms with E-state index in [1.54, 1.807) is 28.7 Å². The largest absolute Gasteiger partial charge is 0.546 e. The van der Waals surface area contributed by atoms with Gasteiger partial charge in [-0.05, 0) is 61.7 Å². The van der Waals surface area contributed by atoms with Crippen molar-refractivity contribution in [3.8, 4) is 11.5 Å². The molecule has 0 radical (unpaired) electrons. The number of carboxylic acids is 1. The van der Waals surface area contributed by atoms with E-state index >= 15 is 0 Å². The Morgan fingerprint density at radius 3 is 2.70 bits per heavy atom. The summed E-state index contributed by atoms with van der Waals surface area (Å²) >= 11 is 1.32. The van der Waals surface area contributed by atoms with Crippen LogP contribution in [0, 0.1) is 13.8 Å². The molecule has 0 fully saturated rings. The number of rotatable bonds is 5. The fourth-order valence-electron chi connectivity index (χ4n) is 3.23. The zero-order valence-corrected chi connectivity index (χ0v) is 17.7. The maximum Gasteiger partial charge on any atom is 0.274 e. The Morgan fingerprint density at radius 1 is 1.23 bits per heavy atom. The molecule has 0 saturated carbocycles. The highest BCUT2D eigenvalue weighted by Crippen LogP contribution is 2.29. The van der Waals surface area contributed by atoms with Crippen molar-refractivity contribution in [2.24, 2.45) is 0 Å². The molecule has 30 heavy (non-hydrogen) atoms. The van der Waals surface area contributed by atoms with Gasteiger partial charge < -0.3 is 19.4 Å². The Labute approximate surface area is 175 Å². The number of carbonyl (C=O) groups is 1. The molecule has 0 aliphatic carbocycles. The summed E-state index contributed by atoms with van der Waals surface area (Å²) in [6.07, 6.45) is 0.635. The average molecular weight is 423 g/mol. The molecule has 4 rings (SSSR count). The number of nitrogens with zero attached hydrogens (tertiary/aromatic N) is 2. The van der Waals surface area contributed by atoms with Crippen LogP contribution in [0.2, 0.25) is 0 Å². The molecule has 0 aliphatic heterocycles. The standard InChI is InChI=1S/C22H20N2O5S/c1-11-5-7-15-19(12(11)2)23-22-24(15)20(25)18(30-22)10-14-6-8-16(17(9-14)28-4)29-13(3)21(26)27/h5-10,13H,1-4H3,(H,26,27)/p-1/b18-10+/t13-/m1/s1. The highest BCUT2D eigenvalue weighted by atomic mass is 32.1. The van der Waals surface area contributed by atoms with Gasteiger partial charge in [0.25, 0.3) is 5.56 Å². The minimum atomic E-state index is -1.32. The fourth-order valence-corrected chi connectivity index (χ4v) is 4.21. The number of carbonyl (C=O) groups excluding carboxylic acids is 1. The van der Waals surface area contributed by atoms with Gasteiger partial charge in [-0.2, -0.15) is 0 Å². The highest BCUT2D eigenvalue weighted by molar-refractivity contribution is 7.15. The summed E-state index contributed by atoms with van der Waals surface area (Å²) in [6.45, 7) is 5.41. The number of thiazole rings is 1. The topological polar surface area (TPSA) is 93.0 Å². The van der Waals surface area contributed by atoms with Crippen molar-refractivity contribution < 1.29 is 19.4 Å². The number of aliphatic carboxylic acids is 1. The molecule has 7 nitrogen and oxygen atoms in total. The lowest BCUT2D eigenvalue weighted by Gasteiger charge is -2.17. The van der Waals surface area contributed by atoms with Gasteiger partial charge in [-0.1, -0.05) is 23.5 Å². The normalized spacial score (nSPS) is 13.1. The first-order chi connectivity index (χ1) is 14.3. The molecule has 2 heterocycles. The Bertz CT molecular complexity index is 1400. The van der Waals surface area contributed by atoms with Gasteiger partial charge in [-0.15, -0.1) is 0 Å². The number of fused-ring (bicyclic) bond motifs is 3. The molecular formula is C22H19N2O5S-. The van der Waals surface area contributed by atoms with Crippen LogP contribution in [0.25, 0.3) is 22.1 Å². The number of carboxylic acid groups (broad SMARTS) is 1. The Hall–Kier alpha value is -3.39. The van der Waals surface area contributed by atoms with Crippen molar-refractivity contribution >= 4 is 39.4 Å². The molecule has 0 bridgehead atoms. The molecule has 0 spiro atoms. The number of hydrogen-bond donors (Lipinski definition) is 0. The van der Waals surface area contributed by atoms with E-state index in [0.717, 1.165) is 27.7 Å². The third-order valence-electron chi connectivity index (χ3n) is 5.06. The van der Waals surface area contributed by atoms with Crippen LogP contribution in [0.4, 0.5) is 0 Å². The number of aryl methyl sites for hydroxylation is 2. The van der Waals surface area contributed by atoms with Gasteiger partial charge in [0.1, 0.15) is 6.10 Å². The summed E-state index contributed by atoms with van der Waals surface area (Å²) in [5, 5.41) is 10.9. The summed E-state index contributed by atoms with van der Waals surface area (Å²) in [5.74, 6) is -0.669. The lowest BCUT2D eigenvalue weighted by molar-refractivity contribution is -0.312. The lowest BCUT2D eigenvalue weighted by Crippen LogP contribution is -2.37. The second-order valence-corrected chi connectivity index (χ2v) is 8.02. The maximum atomic E-state index is 13.0. The zero-order chi connectivity index (χ0) is 21.6. The van der Waals surface area contributed by atoms with Gasteiger partial charge in [0, 0.05) is 0 Å². The van der Waals surface area contributed by atoms with Crippen molar-refractivity contribution in [3.05, 3.63) is 61.9 Å². The molecule has 0 N–H and O–H groups in total. The first-order valence-corrected chi connectivity index (χ1v) is 10.1. The number of imidazole rings is 1. The third-order valence-corrected chi connectivity index (χ3v) is 6.03. The summed E-state index contributed by atoms with van der Waals surface area (Å²) in [4.78, 5) is 29.2. The SMILES string of the molecule is COc1cc(/C=c2/sc3nc4c(C)c(C)ccc4n3c2=O)ccc1O[C@H](C)C(=O)[O-]. The molecule has 1 atom stereocenters. The molecule has 0 aliphatic rings. The molecular weight excluding hydrogens is 404 g/mol. The Balaban J connectivity index is 1.80. The molecule has 4 aromatic rings. The maximum absolute atomic E-state index is 13.0. The molecule has 154 valence electrons. The molecule has 2 aromatic heterocycles. The van der Waals surface area contributed by atoms with E-state index in [9.17, 15) is 14.7 Å². The first-order valence-electron chi connectivity index (χ1n) is 9.28. The second-order valence-electron chi connectivity index (χ2n) is 7.01. The summed E-state index contributed by atoms with van der Waals surface area (Å²) in [6, 6.07) is 8.93. The lowest BCUT2D eigenvalue weighted by atomic mass is 10.1. The van der Waals surface area contributed by atoms with Crippen molar-refractivity contribution in [2.75, 3.05) is 7.11 Å². The molecule has 0 unspecified atom stereocenters. The van der Waals surface area contributed by atoms with Crippen molar-refractivity contribution in [2.45, 2.75) is 26.9 Å². The third kappa shape index (κ3) is 3.29. The van der Waals surface area contributed by atoms with Crippen LogP contribution in [0.3, 0.4) is 0 Å². The monoisotopic (exact) mass is 423 g/mol. The molecule has 8 heteroatoms. The van der Waals surface area contributed by atoms with Gasteiger partial charge >= 0.3 is 0 Å². The van der Waals surface area contributed by atoms with Crippen LogP contribution in [-0.4, -0.2) is 28.6 Å². The van der Waals surface area contributed by atoms with E-state index in [2.05, 4.69) is 4.98 Å². The summed E-state index contributed by atoms with van der Waals surface area (Å²) in [7, 11) is 1.46. The minimum Gasteiger partial charge on any atom is -0.546 e. The number of hydrogen-bond acceptors (Lipinski definition) is 7. The van der Waals surface area contributed by atoms with E-state index in [-0.39, 0.29) is 11.3 Å². The van der Waals surface area contributed by atoms with Crippen LogP contribution in [0.15, 0.2) is 35.1 Å². The van der Waals surface area contributed by atoms with Gasteiger partial charge in [-0.25, -0.2) is 9.38 Å². The van der Waals surface area contributed by atoms with Crippen LogP contribution in [0.1, 0.15) is 23.6 Å². The van der Waals surface area contributed by atoms with E-state index in [0.29, 0.717) is 15.2 Å². The van der Waals surface area contributed by atoms with Crippen LogP contribution in [0.5, 0.6) is 11.5 Å². The Morgan fingerprint density at radius 2 is 2.00 bits per heavy atom. The van der Waals surface area contributed by atoms with Crippen molar-refractivity contribution in [1.82, 2.24) is 9.38 Å². The van der Waals surface area contributed by atoms with Crippen LogP contribution in [-0.2, 0) is 4.79 Å². The predicted octanol–water partition coefficient (Wildman–Crippen LogP) is 1.60. The van der Waals surface area contributed by atoms with E-state index in [1.807, 2.05) is 26.0 Å². The van der Waals surface area contributed by atoms with E-state index in [4.69, 9.17) is 9.47 Å². The number of methoxy groups -OCH3 is 1. The number of benzene rings is 2. The minimum absolute atomic E-state index is 0.134. The van der Waals surface area contributed by atoms with Crippen LogP contribution < -0.4 is 24.7 Å². The van der Waals surface area contributed by atoms with Gasteiger partial charge in [0.05, 0.1) is 28.6 Å². The number of ether oxygens (including phenoxy) is 2. The average Bonchev–Trinajstić information content (AvgIpc) is 3.23. The van der Waals surface area contributed by atoms with Gasteiger partial charge in [0.15, 0.2) is 16.5 Å². The summed E-state index contributed by atoms with van der Waals surface area (Å²) < 4.78 is 12.8. The molecule has 2 aromatic carbocycles. The van der Waals surface area contributed by atoms with Gasteiger partial charge in [-0.3, -0.25) is 4.79 Å². The summed E-state index contributed by atoms with van der Waals surface area (Å²) in [5.41, 5.74) is 4.43. The number of aromatic nitrogens is 2. The fraction of sp³-hybridized carbons (Fsp3) is 0.227. The predicted molar refractivity (Wildman–Crippen MR) is 113 cm³/mol. The first kappa shape index (κ1) is 19.9. The van der Waals surface area contributed by atoms with Crippen molar-refractivity contribution in [1.29, 1.82) is 0 Å². The quantitative estimate of drug-likeness (QED) is 0.484. The zero-order valence-electron chi connectivity index (χ0n) is 16.9. The smallest absolute Gasteiger partial charge is 0.274 e. The van der Waals surface area contributed by atoms with Crippen LogP contribution >= 0.6 is 11.3 Å². The van der Waals surface area contributed by atoms with Gasteiger partial charge in [0.2, 0.25) is 0 Å². The Kier molecular flexibility index (Phi) is 4.95. The highest BCUT2D eigenvalue weighted by Gasteiger charge is 2.14.